The van der Waals surface area contributed by atoms with Crippen LogP contribution in [-0.2, 0) is 14.4 Å². The lowest BCUT2D eigenvalue weighted by molar-refractivity contribution is -0.161. The topological polar surface area (TPSA) is 99.6 Å². The van der Waals surface area contributed by atoms with Gasteiger partial charge < -0.3 is 15.3 Å². The van der Waals surface area contributed by atoms with Gasteiger partial charge in [-0.15, -0.1) is 23.1 Å². The molecule has 0 bridgehead atoms. The molecule has 0 aromatic carbocycles. The largest absolute Gasteiger partial charge is 0.480 e. The van der Waals surface area contributed by atoms with Gasteiger partial charge in [-0.1, -0.05) is 32.1 Å². The van der Waals surface area contributed by atoms with E-state index in [2.05, 4.69) is 10.3 Å². The maximum atomic E-state index is 13.2. The van der Waals surface area contributed by atoms with E-state index in [1.165, 1.54) is 47.3 Å². The lowest BCUT2D eigenvalue weighted by atomic mass is 9.81. The van der Waals surface area contributed by atoms with Gasteiger partial charge >= 0.3 is 5.97 Å². The van der Waals surface area contributed by atoms with Gasteiger partial charge in [0.05, 0.1) is 17.1 Å². The summed E-state index contributed by atoms with van der Waals surface area (Å²) >= 11 is 2.92. The fourth-order valence-electron chi connectivity index (χ4n) is 4.91. The third-order valence-electron chi connectivity index (χ3n) is 6.39. The number of carboxylic acids is 1. The standard InChI is InChI=1S/C20H27N3O4S2/c1-20(2)15(19(26)27)23-17(25)14(18(23)29-20)22-16(24)12(13-9-28-10-21-13)8-11-6-4-3-5-7-11/h9-12,14-15,18H,3-8H2,1-2H3,(H,22,24)(H,26,27)/t12?,14-,15+,18-/m1/s1. The van der Waals surface area contributed by atoms with E-state index in [0.717, 1.165) is 25.0 Å². The number of hydrogen-bond donors (Lipinski definition) is 2. The third kappa shape index (κ3) is 3.79. The minimum atomic E-state index is -0.999. The Bertz CT molecular complexity index is 792. The van der Waals surface area contributed by atoms with Gasteiger partial charge in [0, 0.05) is 10.1 Å². The summed E-state index contributed by atoms with van der Waals surface area (Å²) in [6.07, 6.45) is 6.69. The Hall–Kier alpha value is -1.61. The summed E-state index contributed by atoms with van der Waals surface area (Å²) in [5.74, 6) is -1.33. The van der Waals surface area contributed by atoms with E-state index in [9.17, 15) is 19.5 Å². The Morgan fingerprint density at radius 3 is 2.69 bits per heavy atom. The number of β-lactam (4-membered cyclic amide) rings is 1. The second-order valence-corrected chi connectivity index (χ2v) is 11.3. The van der Waals surface area contributed by atoms with E-state index in [1.54, 1.807) is 5.51 Å². The van der Waals surface area contributed by atoms with E-state index in [4.69, 9.17) is 0 Å². The zero-order valence-electron chi connectivity index (χ0n) is 16.7. The van der Waals surface area contributed by atoms with Gasteiger partial charge in [0.1, 0.15) is 17.5 Å². The molecule has 4 rings (SSSR count). The predicted octanol–water partition coefficient (Wildman–Crippen LogP) is 2.83. The van der Waals surface area contributed by atoms with Crippen LogP contribution in [0.15, 0.2) is 10.9 Å². The summed E-state index contributed by atoms with van der Waals surface area (Å²) in [6.45, 7) is 3.67. The first-order chi connectivity index (χ1) is 13.8. The van der Waals surface area contributed by atoms with Crippen LogP contribution in [0.4, 0.5) is 0 Å². The second kappa shape index (κ2) is 7.91. The Morgan fingerprint density at radius 1 is 1.34 bits per heavy atom. The molecule has 2 aliphatic heterocycles. The molecule has 29 heavy (non-hydrogen) atoms. The average molecular weight is 438 g/mol. The number of hydrogen-bond acceptors (Lipinski definition) is 6. The Labute approximate surface area is 178 Å². The fourth-order valence-corrected chi connectivity index (χ4v) is 7.14. The number of aliphatic carboxylic acids is 1. The highest BCUT2D eigenvalue weighted by Crippen LogP contribution is 2.51. The number of rotatable bonds is 6. The Kier molecular flexibility index (Phi) is 5.63. The molecule has 0 spiro atoms. The minimum absolute atomic E-state index is 0.170. The van der Waals surface area contributed by atoms with Crippen molar-refractivity contribution in [3.8, 4) is 0 Å². The Morgan fingerprint density at radius 2 is 2.07 bits per heavy atom. The zero-order valence-corrected chi connectivity index (χ0v) is 18.3. The number of carboxylic acid groups (broad SMARTS) is 1. The van der Waals surface area contributed by atoms with Crippen molar-refractivity contribution in [3.63, 3.8) is 0 Å². The lowest BCUT2D eigenvalue weighted by Gasteiger charge is -2.44. The number of carbonyl (C=O) groups is 3. The molecule has 1 aromatic rings. The van der Waals surface area contributed by atoms with Gasteiger partial charge in [0.15, 0.2) is 0 Å². The van der Waals surface area contributed by atoms with Gasteiger partial charge in [-0.25, -0.2) is 9.78 Å². The number of thioether (sulfide) groups is 1. The SMILES string of the molecule is CC1(C)S[C@@H]2[C@H](NC(=O)C(CC3CCCCC3)c3cscn3)C(=O)N2[C@H]1C(=O)O. The molecule has 3 heterocycles. The van der Waals surface area contributed by atoms with Gasteiger partial charge in [-0.3, -0.25) is 9.59 Å². The van der Waals surface area contributed by atoms with Crippen LogP contribution < -0.4 is 5.32 Å². The molecule has 7 nitrogen and oxygen atoms in total. The molecule has 3 fully saturated rings. The summed E-state index contributed by atoms with van der Waals surface area (Å²) in [4.78, 5) is 43.3. The first-order valence-corrected chi connectivity index (χ1v) is 12.0. The highest BCUT2D eigenvalue weighted by Gasteiger charge is 2.64. The van der Waals surface area contributed by atoms with Crippen LogP contribution in [0, 0.1) is 5.92 Å². The van der Waals surface area contributed by atoms with E-state index in [0.29, 0.717) is 5.92 Å². The highest BCUT2D eigenvalue weighted by molar-refractivity contribution is 8.01. The smallest absolute Gasteiger partial charge is 0.327 e. The third-order valence-corrected chi connectivity index (χ3v) is 8.57. The number of fused-ring (bicyclic) bond motifs is 1. The maximum absolute atomic E-state index is 13.2. The van der Waals surface area contributed by atoms with E-state index < -0.39 is 22.8 Å². The van der Waals surface area contributed by atoms with Crippen molar-refractivity contribution in [1.29, 1.82) is 0 Å². The van der Waals surface area contributed by atoms with E-state index in [1.807, 2.05) is 19.2 Å². The molecular weight excluding hydrogens is 410 g/mol. The molecular formula is C20H27N3O4S2. The van der Waals surface area contributed by atoms with Gasteiger partial charge in [-0.2, -0.15) is 0 Å². The maximum Gasteiger partial charge on any atom is 0.327 e. The van der Waals surface area contributed by atoms with Crippen molar-refractivity contribution in [2.45, 2.75) is 80.5 Å². The van der Waals surface area contributed by atoms with Gasteiger partial charge in [-0.05, 0) is 26.2 Å². The van der Waals surface area contributed by atoms with Gasteiger partial charge in [0.25, 0.3) is 0 Å². The molecule has 2 N–H and O–H groups in total. The molecule has 2 saturated heterocycles. The number of aromatic nitrogens is 1. The van der Waals surface area contributed by atoms with Crippen LogP contribution in [0.25, 0.3) is 0 Å². The number of thiazole rings is 1. The van der Waals surface area contributed by atoms with Crippen molar-refractivity contribution in [2.24, 2.45) is 5.92 Å². The molecule has 3 aliphatic rings. The van der Waals surface area contributed by atoms with Crippen LogP contribution in [0.1, 0.15) is 64.0 Å². The van der Waals surface area contributed by atoms with Crippen molar-refractivity contribution >= 4 is 40.9 Å². The first-order valence-electron chi connectivity index (χ1n) is 10.2. The molecule has 1 aliphatic carbocycles. The average Bonchev–Trinajstić information content (AvgIpc) is 3.29. The number of nitrogens with one attached hydrogen (secondary N) is 1. The summed E-state index contributed by atoms with van der Waals surface area (Å²) in [5, 5.41) is 14.1. The molecule has 4 atom stereocenters. The lowest BCUT2D eigenvalue weighted by Crippen LogP contribution is -2.70. The molecule has 9 heteroatoms. The molecule has 1 saturated carbocycles. The highest BCUT2D eigenvalue weighted by atomic mass is 32.2. The summed E-state index contributed by atoms with van der Waals surface area (Å²) < 4.78 is -0.595. The van der Waals surface area contributed by atoms with Crippen LogP contribution in [0.5, 0.6) is 0 Å². The molecule has 1 unspecified atom stereocenters. The first kappa shape index (κ1) is 20.7. The van der Waals surface area contributed by atoms with Crippen LogP contribution in [0.2, 0.25) is 0 Å². The van der Waals surface area contributed by atoms with Crippen molar-refractivity contribution < 1.29 is 19.5 Å². The van der Waals surface area contributed by atoms with Crippen LogP contribution in [0.3, 0.4) is 0 Å². The second-order valence-electron chi connectivity index (χ2n) is 8.79. The predicted molar refractivity (Wildman–Crippen MR) is 112 cm³/mol. The zero-order chi connectivity index (χ0) is 20.8. The minimum Gasteiger partial charge on any atom is -0.480 e. The number of amides is 2. The van der Waals surface area contributed by atoms with Crippen molar-refractivity contribution in [3.05, 3.63) is 16.6 Å². The van der Waals surface area contributed by atoms with E-state index >= 15 is 0 Å². The quantitative estimate of drug-likeness (QED) is 0.664. The molecule has 2 amide bonds. The Balaban J connectivity index is 1.47. The monoisotopic (exact) mass is 437 g/mol. The fraction of sp³-hybridized carbons (Fsp3) is 0.700. The number of nitrogens with zero attached hydrogens (tertiary/aromatic N) is 2. The van der Waals surface area contributed by atoms with E-state index in [-0.39, 0.29) is 23.1 Å². The normalized spacial score (nSPS) is 29.8. The summed E-state index contributed by atoms with van der Waals surface area (Å²) in [7, 11) is 0. The van der Waals surface area contributed by atoms with Gasteiger partial charge in [0.2, 0.25) is 11.8 Å². The molecule has 0 radical (unpaired) electrons. The van der Waals surface area contributed by atoms with Crippen LogP contribution >= 0.6 is 23.1 Å². The number of carbonyl (C=O) groups excluding carboxylic acids is 2. The van der Waals surface area contributed by atoms with Crippen molar-refractivity contribution in [1.82, 2.24) is 15.2 Å². The molecule has 158 valence electrons. The van der Waals surface area contributed by atoms with Crippen LogP contribution in [-0.4, -0.2) is 55.0 Å². The summed E-state index contributed by atoms with van der Waals surface area (Å²) in [5.41, 5.74) is 2.50. The summed E-state index contributed by atoms with van der Waals surface area (Å²) in [6, 6.07) is -1.53. The molecule has 1 aromatic heterocycles. The van der Waals surface area contributed by atoms with Crippen molar-refractivity contribution in [2.75, 3.05) is 0 Å².